The molecule has 0 atom stereocenters. The Bertz CT molecular complexity index is 754. The van der Waals surface area contributed by atoms with Crippen molar-refractivity contribution in [3.05, 3.63) is 65.2 Å². The number of carbonyl (C=O) groups excluding carboxylic acids is 3. The van der Waals surface area contributed by atoms with Gasteiger partial charge in [0.15, 0.2) is 0 Å². The van der Waals surface area contributed by atoms with Crippen LogP contribution in [-0.4, -0.2) is 17.7 Å². The van der Waals surface area contributed by atoms with Gasteiger partial charge in [0.1, 0.15) is 0 Å². The van der Waals surface area contributed by atoms with E-state index in [1.165, 1.54) is 11.6 Å². The Hall–Kier alpha value is -3.15. The number of para-hydroxylation sites is 1. The van der Waals surface area contributed by atoms with Crippen LogP contribution in [0.15, 0.2) is 48.5 Å². The minimum atomic E-state index is -1.11. The van der Waals surface area contributed by atoms with Gasteiger partial charge < -0.3 is 16.4 Å². The minimum absolute atomic E-state index is 0.236. The lowest BCUT2D eigenvalue weighted by Gasteiger charge is -2.11. The third-order valence-electron chi connectivity index (χ3n) is 3.53. The Labute approximate surface area is 140 Å². The molecule has 0 saturated carbocycles. The molecular weight excluding hydrogens is 306 g/mol. The predicted octanol–water partition coefficient (Wildman–Crippen LogP) is 1.60. The van der Waals surface area contributed by atoms with Gasteiger partial charge in [-0.25, -0.2) is 0 Å². The van der Waals surface area contributed by atoms with Crippen molar-refractivity contribution in [1.82, 2.24) is 5.32 Å². The largest absolute Gasteiger partial charge is 0.361 e. The van der Waals surface area contributed by atoms with Crippen LogP contribution < -0.4 is 16.4 Å². The van der Waals surface area contributed by atoms with Crippen molar-refractivity contribution in [3.8, 4) is 0 Å². The van der Waals surface area contributed by atoms with E-state index < -0.39 is 11.8 Å². The van der Waals surface area contributed by atoms with E-state index in [0.717, 1.165) is 12.0 Å². The van der Waals surface area contributed by atoms with Gasteiger partial charge in [0.2, 0.25) is 0 Å². The molecule has 0 aliphatic heterocycles. The summed E-state index contributed by atoms with van der Waals surface area (Å²) in [5, 5.41) is 5.12. The zero-order valence-electron chi connectivity index (χ0n) is 13.3. The number of amides is 3. The van der Waals surface area contributed by atoms with Gasteiger partial charge in [-0.15, -0.1) is 0 Å². The van der Waals surface area contributed by atoms with Gasteiger partial charge in [0, 0.05) is 6.54 Å². The molecule has 0 unspecified atom stereocenters. The number of nitrogens with two attached hydrogens (primary N) is 1. The van der Waals surface area contributed by atoms with Crippen LogP contribution in [0.25, 0.3) is 0 Å². The number of rotatable bonds is 5. The Morgan fingerprint density at radius 2 is 1.58 bits per heavy atom. The zero-order chi connectivity index (χ0) is 17.5. The fraction of sp³-hybridized carbons (Fsp3) is 0.167. The Kier molecular flexibility index (Phi) is 5.68. The Balaban J connectivity index is 2.06. The maximum atomic E-state index is 12.3. The number of nitrogens with one attached hydrogen (secondary N) is 2. The summed E-state index contributed by atoms with van der Waals surface area (Å²) in [5.74, 6) is -2.43. The minimum Gasteiger partial charge on any atom is -0.361 e. The molecule has 6 heteroatoms. The number of hydrogen-bond donors (Lipinski definition) is 3. The first-order valence-electron chi connectivity index (χ1n) is 7.57. The lowest BCUT2D eigenvalue weighted by atomic mass is 10.1. The van der Waals surface area contributed by atoms with Crippen LogP contribution in [-0.2, 0) is 22.6 Å². The molecule has 0 spiro atoms. The molecule has 4 N–H and O–H groups in total. The van der Waals surface area contributed by atoms with Gasteiger partial charge in [0.05, 0.1) is 11.3 Å². The Morgan fingerprint density at radius 3 is 2.21 bits per heavy atom. The second kappa shape index (κ2) is 7.92. The molecule has 0 bridgehead atoms. The molecule has 2 aromatic carbocycles. The quantitative estimate of drug-likeness (QED) is 0.728. The predicted molar refractivity (Wildman–Crippen MR) is 91.3 cm³/mol. The van der Waals surface area contributed by atoms with E-state index in [9.17, 15) is 14.4 Å². The van der Waals surface area contributed by atoms with E-state index in [1.807, 2.05) is 24.3 Å². The van der Waals surface area contributed by atoms with Gasteiger partial charge in [0.25, 0.3) is 5.91 Å². The molecule has 0 saturated heterocycles. The van der Waals surface area contributed by atoms with Crippen molar-refractivity contribution in [2.24, 2.45) is 5.73 Å². The lowest BCUT2D eigenvalue weighted by Crippen LogP contribution is -2.31. The summed E-state index contributed by atoms with van der Waals surface area (Å²) in [6.07, 6.45) is 0.958. The number of benzene rings is 2. The van der Waals surface area contributed by atoms with Crippen molar-refractivity contribution in [2.45, 2.75) is 19.9 Å². The monoisotopic (exact) mass is 325 g/mol. The number of aryl methyl sites for hydroxylation is 1. The molecule has 6 nitrogen and oxygen atoms in total. The van der Waals surface area contributed by atoms with Crippen molar-refractivity contribution >= 4 is 23.4 Å². The van der Waals surface area contributed by atoms with Crippen molar-refractivity contribution in [3.63, 3.8) is 0 Å². The highest BCUT2D eigenvalue weighted by atomic mass is 16.2. The number of primary amides is 1. The van der Waals surface area contributed by atoms with Gasteiger partial charge in [-0.1, -0.05) is 43.3 Å². The van der Waals surface area contributed by atoms with Crippen LogP contribution in [0.5, 0.6) is 0 Å². The molecular formula is C18H19N3O3. The first-order valence-corrected chi connectivity index (χ1v) is 7.57. The van der Waals surface area contributed by atoms with Crippen LogP contribution >= 0.6 is 0 Å². The second-order valence-electron chi connectivity index (χ2n) is 5.22. The summed E-state index contributed by atoms with van der Waals surface area (Å²) in [6.45, 7) is 2.44. The average molecular weight is 325 g/mol. The molecule has 2 aromatic rings. The van der Waals surface area contributed by atoms with Crippen LogP contribution in [0, 0.1) is 0 Å². The van der Waals surface area contributed by atoms with E-state index in [0.29, 0.717) is 6.54 Å². The van der Waals surface area contributed by atoms with Gasteiger partial charge >= 0.3 is 11.8 Å². The smallest absolute Gasteiger partial charge is 0.313 e. The summed E-state index contributed by atoms with van der Waals surface area (Å²) in [4.78, 5) is 34.6. The van der Waals surface area contributed by atoms with E-state index in [1.54, 1.807) is 18.2 Å². The molecule has 3 amide bonds. The SMILES string of the molecule is CCc1ccc(CNC(=O)c2ccccc2NC(=O)C(N)=O)cc1. The van der Waals surface area contributed by atoms with E-state index in [-0.39, 0.29) is 17.2 Å². The van der Waals surface area contributed by atoms with Crippen LogP contribution in [0.3, 0.4) is 0 Å². The van der Waals surface area contributed by atoms with Gasteiger partial charge in [-0.2, -0.15) is 0 Å². The average Bonchev–Trinajstić information content (AvgIpc) is 2.60. The summed E-state index contributed by atoms with van der Waals surface area (Å²) < 4.78 is 0. The van der Waals surface area contributed by atoms with Crippen molar-refractivity contribution < 1.29 is 14.4 Å². The maximum absolute atomic E-state index is 12.3. The molecule has 0 fully saturated rings. The molecule has 0 aliphatic carbocycles. The van der Waals surface area contributed by atoms with Gasteiger partial charge in [-0.05, 0) is 29.7 Å². The first-order chi connectivity index (χ1) is 11.5. The molecule has 2 rings (SSSR count). The highest BCUT2D eigenvalue weighted by molar-refractivity contribution is 6.39. The van der Waals surface area contributed by atoms with E-state index in [2.05, 4.69) is 17.6 Å². The second-order valence-corrected chi connectivity index (χ2v) is 5.22. The molecule has 0 aliphatic rings. The standard InChI is InChI=1S/C18H19N3O3/c1-2-12-7-9-13(10-8-12)11-20-17(23)14-5-3-4-6-15(14)21-18(24)16(19)22/h3-10H,2,11H2,1H3,(H2,19,22)(H,20,23)(H,21,24). The third-order valence-corrected chi connectivity index (χ3v) is 3.53. The topological polar surface area (TPSA) is 101 Å². The fourth-order valence-electron chi connectivity index (χ4n) is 2.14. The fourth-order valence-corrected chi connectivity index (χ4v) is 2.14. The number of hydrogen-bond acceptors (Lipinski definition) is 3. The third kappa shape index (κ3) is 4.42. The van der Waals surface area contributed by atoms with E-state index >= 15 is 0 Å². The van der Waals surface area contributed by atoms with Crippen LogP contribution in [0.2, 0.25) is 0 Å². The molecule has 0 heterocycles. The molecule has 124 valence electrons. The summed E-state index contributed by atoms with van der Waals surface area (Å²) in [5.41, 5.74) is 7.61. The molecule has 0 aromatic heterocycles. The van der Waals surface area contributed by atoms with Gasteiger partial charge in [-0.3, -0.25) is 14.4 Å². The zero-order valence-corrected chi connectivity index (χ0v) is 13.3. The number of anilines is 1. The highest BCUT2D eigenvalue weighted by Gasteiger charge is 2.15. The van der Waals surface area contributed by atoms with Crippen molar-refractivity contribution in [1.29, 1.82) is 0 Å². The first kappa shape index (κ1) is 17.2. The maximum Gasteiger partial charge on any atom is 0.313 e. The van der Waals surface area contributed by atoms with Crippen LogP contribution in [0.4, 0.5) is 5.69 Å². The van der Waals surface area contributed by atoms with Crippen molar-refractivity contribution in [2.75, 3.05) is 5.32 Å². The lowest BCUT2D eigenvalue weighted by molar-refractivity contribution is -0.134. The molecule has 24 heavy (non-hydrogen) atoms. The summed E-state index contributed by atoms with van der Waals surface area (Å²) in [6, 6.07) is 14.4. The van der Waals surface area contributed by atoms with Crippen LogP contribution in [0.1, 0.15) is 28.4 Å². The summed E-state index contributed by atoms with van der Waals surface area (Å²) >= 11 is 0. The summed E-state index contributed by atoms with van der Waals surface area (Å²) in [7, 11) is 0. The Morgan fingerprint density at radius 1 is 0.958 bits per heavy atom. The highest BCUT2D eigenvalue weighted by Crippen LogP contribution is 2.15. The normalized spacial score (nSPS) is 10.0. The molecule has 0 radical (unpaired) electrons. The number of carbonyl (C=O) groups is 3. The van der Waals surface area contributed by atoms with E-state index in [4.69, 9.17) is 5.73 Å².